The highest BCUT2D eigenvalue weighted by atomic mass is 28.2. The van der Waals surface area contributed by atoms with Crippen LogP contribution in [0.2, 0.25) is 5.54 Å². The van der Waals surface area contributed by atoms with Crippen molar-refractivity contribution in [2.45, 2.75) is 37.6 Å². The fourth-order valence-corrected chi connectivity index (χ4v) is 2.36. The van der Waals surface area contributed by atoms with Crippen molar-refractivity contribution in [3.63, 3.8) is 0 Å². The van der Waals surface area contributed by atoms with E-state index in [2.05, 4.69) is 0 Å². The Morgan fingerprint density at radius 3 is 2.44 bits per heavy atom. The smallest absolute Gasteiger partial charge is 0.232 e. The van der Waals surface area contributed by atoms with Gasteiger partial charge in [0.15, 0.2) is 0 Å². The first kappa shape index (κ1) is 7.29. The Morgan fingerprint density at radius 1 is 1.22 bits per heavy atom. The Hall–Kier alpha value is 0.177. The fraction of sp³-hybridized carbons (Fsp3) is 1.00. The van der Waals surface area contributed by atoms with E-state index in [1.807, 2.05) is 7.11 Å². The molecular formula is C7H14OSi. The molecule has 0 aromatic heterocycles. The van der Waals surface area contributed by atoms with E-state index in [0.29, 0.717) is 0 Å². The van der Waals surface area contributed by atoms with Gasteiger partial charge in [-0.15, -0.1) is 0 Å². The summed E-state index contributed by atoms with van der Waals surface area (Å²) in [5.74, 6) is 0. The molecule has 0 spiro atoms. The van der Waals surface area contributed by atoms with Crippen molar-refractivity contribution >= 4 is 9.76 Å². The van der Waals surface area contributed by atoms with Crippen molar-refractivity contribution in [1.29, 1.82) is 0 Å². The molecule has 1 aliphatic rings. The molecule has 52 valence electrons. The van der Waals surface area contributed by atoms with Crippen molar-refractivity contribution < 1.29 is 4.43 Å². The summed E-state index contributed by atoms with van der Waals surface area (Å²) in [5.41, 5.74) is 0.906. The standard InChI is InChI=1S/C7H14OSi/c1-8-9-7-5-3-2-4-6-7/h7H,2-6H2,1H3. The molecule has 0 saturated heterocycles. The fourth-order valence-electron chi connectivity index (χ4n) is 1.39. The normalized spacial score (nSPS) is 22.3. The van der Waals surface area contributed by atoms with Gasteiger partial charge in [0, 0.05) is 7.11 Å². The molecule has 0 heterocycles. The first-order chi connectivity index (χ1) is 4.43. The van der Waals surface area contributed by atoms with Crippen LogP contribution in [0.15, 0.2) is 0 Å². The van der Waals surface area contributed by atoms with Crippen molar-refractivity contribution in [3.8, 4) is 0 Å². The van der Waals surface area contributed by atoms with Crippen LogP contribution in [0.4, 0.5) is 0 Å². The van der Waals surface area contributed by atoms with Crippen LogP contribution in [0.5, 0.6) is 0 Å². The molecule has 0 unspecified atom stereocenters. The molecule has 0 N–H and O–H groups in total. The minimum absolute atomic E-state index is 0.764. The average molecular weight is 142 g/mol. The molecule has 2 radical (unpaired) electrons. The second-order valence-electron chi connectivity index (χ2n) is 2.66. The predicted octanol–water partition coefficient (Wildman–Crippen LogP) is 2.00. The molecular weight excluding hydrogens is 128 g/mol. The molecule has 1 nitrogen and oxygen atoms in total. The van der Waals surface area contributed by atoms with Crippen LogP contribution in [0.1, 0.15) is 32.1 Å². The Balaban J connectivity index is 2.08. The summed E-state index contributed by atoms with van der Waals surface area (Å²) >= 11 is 0. The zero-order valence-electron chi connectivity index (χ0n) is 6.02. The SMILES string of the molecule is CO[Si]C1CCCCC1. The molecule has 1 aliphatic carbocycles. The highest BCUT2D eigenvalue weighted by molar-refractivity contribution is 6.29. The van der Waals surface area contributed by atoms with Crippen LogP contribution in [0, 0.1) is 0 Å². The maximum absolute atomic E-state index is 5.11. The van der Waals surface area contributed by atoms with Gasteiger partial charge < -0.3 is 4.43 Å². The van der Waals surface area contributed by atoms with Gasteiger partial charge in [-0.1, -0.05) is 32.1 Å². The van der Waals surface area contributed by atoms with Gasteiger partial charge in [0.2, 0.25) is 9.76 Å². The summed E-state index contributed by atoms with van der Waals surface area (Å²) in [6, 6.07) is 0. The average Bonchev–Trinajstić information content (AvgIpc) is 1.91. The molecule has 9 heavy (non-hydrogen) atoms. The lowest BCUT2D eigenvalue weighted by Gasteiger charge is -2.18. The largest absolute Gasteiger partial charge is 0.420 e. The van der Waals surface area contributed by atoms with Gasteiger partial charge in [0.25, 0.3) is 0 Å². The molecule has 0 aliphatic heterocycles. The van der Waals surface area contributed by atoms with Crippen molar-refractivity contribution in [2.24, 2.45) is 0 Å². The second kappa shape index (κ2) is 4.07. The molecule has 0 bridgehead atoms. The Kier molecular flexibility index (Phi) is 3.29. The minimum atomic E-state index is 0.764. The van der Waals surface area contributed by atoms with E-state index in [-0.39, 0.29) is 0 Å². The topological polar surface area (TPSA) is 9.23 Å². The maximum atomic E-state index is 5.11. The van der Waals surface area contributed by atoms with Gasteiger partial charge >= 0.3 is 0 Å². The molecule has 1 fully saturated rings. The summed E-state index contributed by atoms with van der Waals surface area (Å²) < 4.78 is 5.11. The predicted molar refractivity (Wildman–Crippen MR) is 39.6 cm³/mol. The van der Waals surface area contributed by atoms with Crippen LogP contribution in [-0.2, 0) is 4.43 Å². The lowest BCUT2D eigenvalue weighted by Crippen LogP contribution is -2.09. The zero-order chi connectivity index (χ0) is 6.53. The monoisotopic (exact) mass is 142 g/mol. The van der Waals surface area contributed by atoms with E-state index in [1.165, 1.54) is 32.1 Å². The molecule has 0 atom stereocenters. The molecule has 2 heteroatoms. The second-order valence-corrected chi connectivity index (χ2v) is 4.12. The van der Waals surface area contributed by atoms with Crippen molar-refractivity contribution in [2.75, 3.05) is 7.11 Å². The quantitative estimate of drug-likeness (QED) is 0.536. The van der Waals surface area contributed by atoms with Gasteiger partial charge in [-0.05, 0) is 5.54 Å². The Morgan fingerprint density at radius 2 is 1.89 bits per heavy atom. The van der Waals surface area contributed by atoms with Gasteiger partial charge in [-0.25, -0.2) is 0 Å². The van der Waals surface area contributed by atoms with Crippen molar-refractivity contribution in [3.05, 3.63) is 0 Å². The Labute approximate surface area is 59.7 Å². The molecule has 0 amide bonds. The van der Waals surface area contributed by atoms with E-state index >= 15 is 0 Å². The first-order valence-electron chi connectivity index (χ1n) is 3.72. The van der Waals surface area contributed by atoms with E-state index in [0.717, 1.165) is 15.3 Å². The third kappa shape index (κ3) is 2.50. The van der Waals surface area contributed by atoms with E-state index in [4.69, 9.17) is 4.43 Å². The number of hydrogen-bond donors (Lipinski definition) is 0. The highest BCUT2D eigenvalue weighted by Gasteiger charge is 2.13. The summed E-state index contributed by atoms with van der Waals surface area (Å²) in [6.07, 6.45) is 7.13. The van der Waals surface area contributed by atoms with Crippen LogP contribution in [-0.4, -0.2) is 16.9 Å². The molecule has 0 aromatic carbocycles. The van der Waals surface area contributed by atoms with Crippen LogP contribution < -0.4 is 0 Å². The van der Waals surface area contributed by atoms with Gasteiger partial charge in [-0.2, -0.15) is 0 Å². The van der Waals surface area contributed by atoms with Gasteiger partial charge in [0.1, 0.15) is 0 Å². The lowest BCUT2D eigenvalue weighted by atomic mass is 10.0. The molecule has 1 saturated carbocycles. The van der Waals surface area contributed by atoms with Crippen molar-refractivity contribution in [1.82, 2.24) is 0 Å². The lowest BCUT2D eigenvalue weighted by molar-refractivity contribution is 0.401. The van der Waals surface area contributed by atoms with Gasteiger partial charge in [0.05, 0.1) is 0 Å². The number of hydrogen-bond acceptors (Lipinski definition) is 1. The van der Waals surface area contributed by atoms with E-state index < -0.39 is 0 Å². The number of rotatable bonds is 2. The minimum Gasteiger partial charge on any atom is -0.420 e. The van der Waals surface area contributed by atoms with Crippen LogP contribution in [0.3, 0.4) is 0 Å². The summed E-state index contributed by atoms with van der Waals surface area (Å²) in [7, 11) is 2.58. The third-order valence-corrected chi connectivity index (χ3v) is 3.04. The molecule has 0 aromatic rings. The van der Waals surface area contributed by atoms with Crippen LogP contribution in [0.25, 0.3) is 0 Å². The van der Waals surface area contributed by atoms with Gasteiger partial charge in [-0.3, -0.25) is 0 Å². The van der Waals surface area contributed by atoms with Crippen LogP contribution >= 0.6 is 0 Å². The maximum Gasteiger partial charge on any atom is 0.232 e. The van der Waals surface area contributed by atoms with E-state index in [9.17, 15) is 0 Å². The zero-order valence-corrected chi connectivity index (χ0v) is 7.02. The summed E-state index contributed by atoms with van der Waals surface area (Å²) in [5, 5.41) is 0. The first-order valence-corrected chi connectivity index (χ1v) is 4.70. The third-order valence-electron chi connectivity index (χ3n) is 1.89. The summed E-state index contributed by atoms with van der Waals surface area (Å²) in [4.78, 5) is 0. The summed E-state index contributed by atoms with van der Waals surface area (Å²) in [6.45, 7) is 0. The van der Waals surface area contributed by atoms with E-state index in [1.54, 1.807) is 0 Å². The molecule has 1 rings (SSSR count). The highest BCUT2D eigenvalue weighted by Crippen LogP contribution is 2.27. The Bertz CT molecular complexity index is 66.6.